The van der Waals surface area contributed by atoms with Gasteiger partial charge in [-0.05, 0) is 46.0 Å². The van der Waals surface area contributed by atoms with Gasteiger partial charge >= 0.3 is 5.97 Å². The van der Waals surface area contributed by atoms with Crippen LogP contribution in [0.2, 0.25) is 12.1 Å². The van der Waals surface area contributed by atoms with Crippen LogP contribution in [-0.2, 0) is 9.53 Å². The van der Waals surface area contributed by atoms with Crippen molar-refractivity contribution in [3.05, 3.63) is 36.5 Å². The third-order valence-electron chi connectivity index (χ3n) is 2.79. The van der Waals surface area contributed by atoms with Crippen LogP contribution in [0, 0.1) is 5.92 Å². The fraction of sp³-hybridized carbons (Fsp3) is 0.588. The molecule has 0 aromatic heterocycles. The smallest absolute Gasteiger partial charge is 0.333 e. The Morgan fingerprint density at radius 2 is 1.65 bits per heavy atom. The molecule has 3 heteroatoms. The summed E-state index contributed by atoms with van der Waals surface area (Å²) in [6, 6.07) is 2.33. The van der Waals surface area contributed by atoms with E-state index >= 15 is 0 Å². The largest absolute Gasteiger partial charge is 0.462 e. The van der Waals surface area contributed by atoms with Gasteiger partial charge < -0.3 is 4.74 Å². The van der Waals surface area contributed by atoms with E-state index in [-0.39, 0.29) is 5.97 Å². The molecular weight excluding hydrogens is 264 g/mol. The lowest BCUT2D eigenvalue weighted by Crippen LogP contribution is -2.08. The summed E-state index contributed by atoms with van der Waals surface area (Å²) < 4.78 is 5.08. The van der Waals surface area contributed by atoms with Gasteiger partial charge in [-0.3, -0.25) is 0 Å². The molecule has 2 nitrogen and oxygen atoms in total. The zero-order valence-electron chi connectivity index (χ0n) is 13.3. The highest BCUT2D eigenvalue weighted by Gasteiger charge is 2.09. The molecule has 2 radical (unpaired) electrons. The zero-order chi connectivity index (χ0) is 15.5. The van der Waals surface area contributed by atoms with Gasteiger partial charge in [0.1, 0.15) is 0 Å². The van der Waals surface area contributed by atoms with Gasteiger partial charge in [-0.1, -0.05) is 29.8 Å². The van der Waals surface area contributed by atoms with E-state index in [4.69, 9.17) is 4.74 Å². The Kier molecular flexibility index (Phi) is 10.1. The van der Waals surface area contributed by atoms with E-state index in [9.17, 15) is 4.79 Å². The lowest BCUT2D eigenvalue weighted by atomic mass is 9.96. The highest BCUT2D eigenvalue weighted by molar-refractivity contribution is 6.35. The number of ether oxygens (including phenoxy) is 1. The van der Waals surface area contributed by atoms with Crippen molar-refractivity contribution in [3.63, 3.8) is 0 Å². The van der Waals surface area contributed by atoms with Crippen molar-refractivity contribution in [1.29, 1.82) is 0 Å². The Balaban J connectivity index is 3.77. The van der Waals surface area contributed by atoms with Crippen LogP contribution in [0.25, 0.3) is 0 Å². The Bertz CT molecular complexity index is 342. The van der Waals surface area contributed by atoms with Gasteiger partial charge in [0.25, 0.3) is 0 Å². The first-order valence-electron chi connectivity index (χ1n) is 7.15. The van der Waals surface area contributed by atoms with Gasteiger partial charge in [0, 0.05) is 15.1 Å². The SMILES string of the molecule is C=C(C)CC(C[Si]CCCOC(=O)C(=C)C)CC(=C)C. The minimum Gasteiger partial charge on any atom is -0.462 e. The van der Waals surface area contributed by atoms with Crippen LogP contribution < -0.4 is 0 Å². The third kappa shape index (κ3) is 10.8. The summed E-state index contributed by atoms with van der Waals surface area (Å²) in [5.74, 6) is 0.386. The van der Waals surface area contributed by atoms with Crippen molar-refractivity contribution in [2.24, 2.45) is 5.92 Å². The molecule has 0 aliphatic carbocycles. The van der Waals surface area contributed by atoms with E-state index < -0.39 is 0 Å². The van der Waals surface area contributed by atoms with E-state index in [1.54, 1.807) is 6.92 Å². The number of carbonyl (C=O) groups excluding carboxylic acids is 1. The molecule has 0 unspecified atom stereocenters. The van der Waals surface area contributed by atoms with Gasteiger partial charge in [-0.2, -0.15) is 0 Å². The molecule has 0 saturated heterocycles. The topological polar surface area (TPSA) is 26.3 Å². The molecule has 0 heterocycles. The zero-order valence-corrected chi connectivity index (χ0v) is 14.3. The molecule has 0 bridgehead atoms. The van der Waals surface area contributed by atoms with Gasteiger partial charge in [-0.25, -0.2) is 4.79 Å². The van der Waals surface area contributed by atoms with Crippen molar-refractivity contribution in [2.75, 3.05) is 6.61 Å². The maximum absolute atomic E-state index is 11.2. The quantitative estimate of drug-likeness (QED) is 0.183. The van der Waals surface area contributed by atoms with Crippen molar-refractivity contribution in [3.8, 4) is 0 Å². The summed E-state index contributed by atoms with van der Waals surface area (Å²) in [5.41, 5.74) is 2.96. The van der Waals surface area contributed by atoms with Crippen molar-refractivity contribution in [1.82, 2.24) is 0 Å². The molecule has 112 valence electrons. The summed E-state index contributed by atoms with van der Waals surface area (Å²) in [4.78, 5) is 11.2. The number of allylic oxidation sites excluding steroid dienone is 2. The lowest BCUT2D eigenvalue weighted by Gasteiger charge is -2.16. The van der Waals surface area contributed by atoms with Gasteiger partial charge in [-0.15, -0.1) is 13.2 Å². The van der Waals surface area contributed by atoms with E-state index in [1.165, 1.54) is 17.2 Å². The highest BCUT2D eigenvalue weighted by Crippen LogP contribution is 2.22. The minimum absolute atomic E-state index is 0.282. The molecule has 0 aliphatic rings. The number of hydrogen-bond acceptors (Lipinski definition) is 2. The number of carbonyl (C=O) groups is 1. The van der Waals surface area contributed by atoms with Crippen LogP contribution in [-0.4, -0.2) is 22.1 Å². The molecule has 0 aromatic rings. The average molecular weight is 292 g/mol. The van der Waals surface area contributed by atoms with E-state index in [0.717, 1.165) is 34.8 Å². The second-order valence-corrected chi connectivity index (χ2v) is 7.07. The molecule has 0 saturated carbocycles. The lowest BCUT2D eigenvalue weighted by molar-refractivity contribution is -0.138. The highest BCUT2D eigenvalue weighted by atomic mass is 28.2. The molecule has 0 aliphatic heterocycles. The van der Waals surface area contributed by atoms with Crippen LogP contribution in [0.5, 0.6) is 0 Å². The monoisotopic (exact) mass is 292 g/mol. The van der Waals surface area contributed by atoms with E-state index in [1.807, 2.05) is 0 Å². The molecule has 0 amide bonds. The average Bonchev–Trinajstić information content (AvgIpc) is 2.31. The maximum Gasteiger partial charge on any atom is 0.333 e. The maximum atomic E-state index is 11.2. The fourth-order valence-corrected chi connectivity index (χ4v) is 3.29. The van der Waals surface area contributed by atoms with Gasteiger partial charge in [0.2, 0.25) is 0 Å². The first kappa shape index (κ1) is 18.9. The Morgan fingerprint density at radius 3 is 2.10 bits per heavy atom. The molecule has 0 rings (SSSR count). The van der Waals surface area contributed by atoms with Crippen molar-refractivity contribution >= 4 is 15.5 Å². The van der Waals surface area contributed by atoms with Crippen LogP contribution in [0.1, 0.15) is 40.0 Å². The summed E-state index contributed by atoms with van der Waals surface area (Å²) in [5, 5.41) is 0. The number of esters is 1. The van der Waals surface area contributed by atoms with Crippen LogP contribution >= 0.6 is 0 Å². The van der Waals surface area contributed by atoms with Gasteiger partial charge in [0.05, 0.1) is 6.61 Å². The first-order chi connectivity index (χ1) is 9.32. The summed E-state index contributed by atoms with van der Waals surface area (Å²) in [6.07, 6.45) is 3.11. The van der Waals surface area contributed by atoms with Crippen LogP contribution in [0.3, 0.4) is 0 Å². The normalized spacial score (nSPS) is 10.4. The van der Waals surface area contributed by atoms with E-state index in [0.29, 0.717) is 18.1 Å². The molecular formula is C17H28O2Si. The minimum atomic E-state index is -0.282. The predicted octanol–water partition coefficient (Wildman–Crippen LogP) is 4.59. The number of rotatable bonds is 11. The third-order valence-corrected chi connectivity index (χ3v) is 4.36. The molecule has 0 aromatic carbocycles. The summed E-state index contributed by atoms with van der Waals surface area (Å²) >= 11 is 0. The Morgan fingerprint density at radius 1 is 1.10 bits per heavy atom. The molecule has 0 spiro atoms. The Labute approximate surface area is 126 Å². The molecule has 0 N–H and O–H groups in total. The first-order valence-corrected chi connectivity index (χ1v) is 8.56. The molecule has 0 fully saturated rings. The second-order valence-electron chi connectivity index (χ2n) is 5.66. The van der Waals surface area contributed by atoms with Crippen LogP contribution in [0.4, 0.5) is 0 Å². The summed E-state index contributed by atoms with van der Waals surface area (Å²) in [7, 11) is 0.914. The Hall–Kier alpha value is -1.09. The standard InChI is InChI=1S/C17H28O2Si/c1-13(2)10-16(11-14(3)4)12-20-9-7-8-19-17(18)15(5)6/h16H,1,3,5,7-12H2,2,4,6H3. The van der Waals surface area contributed by atoms with Crippen LogP contribution in [0.15, 0.2) is 36.5 Å². The second kappa shape index (κ2) is 10.7. The number of hydrogen-bond donors (Lipinski definition) is 0. The van der Waals surface area contributed by atoms with Crippen molar-refractivity contribution in [2.45, 2.75) is 52.1 Å². The summed E-state index contributed by atoms with van der Waals surface area (Å²) in [6.45, 7) is 17.9. The molecule has 0 atom stereocenters. The van der Waals surface area contributed by atoms with Gasteiger partial charge in [0.15, 0.2) is 0 Å². The fourth-order valence-electron chi connectivity index (χ4n) is 1.99. The molecule has 20 heavy (non-hydrogen) atoms. The predicted molar refractivity (Wildman–Crippen MR) is 88.1 cm³/mol. The van der Waals surface area contributed by atoms with E-state index in [2.05, 4.69) is 33.6 Å². The van der Waals surface area contributed by atoms with Crippen molar-refractivity contribution < 1.29 is 9.53 Å².